The van der Waals surface area contributed by atoms with Gasteiger partial charge in [-0.2, -0.15) is 0 Å². The first-order chi connectivity index (χ1) is 9.14. The summed E-state index contributed by atoms with van der Waals surface area (Å²) < 4.78 is 0. The van der Waals surface area contributed by atoms with Gasteiger partial charge in [-0.05, 0) is 40.9 Å². The van der Waals surface area contributed by atoms with Crippen LogP contribution in [0.4, 0.5) is 0 Å². The van der Waals surface area contributed by atoms with E-state index in [9.17, 15) is 9.90 Å². The van der Waals surface area contributed by atoms with Crippen LogP contribution >= 0.6 is 0 Å². The van der Waals surface area contributed by atoms with Crippen molar-refractivity contribution in [3.63, 3.8) is 0 Å². The van der Waals surface area contributed by atoms with Gasteiger partial charge in [-0.3, -0.25) is 4.79 Å². The van der Waals surface area contributed by atoms with Gasteiger partial charge in [-0.1, -0.05) is 47.5 Å². The van der Waals surface area contributed by atoms with Gasteiger partial charge in [0, 0.05) is 0 Å². The first-order valence-corrected chi connectivity index (χ1v) is 9.56. The van der Waals surface area contributed by atoms with E-state index in [4.69, 9.17) is 0 Å². The molecule has 0 saturated carbocycles. The molecule has 0 unspecified atom stereocenters. The van der Waals surface area contributed by atoms with Crippen molar-refractivity contribution in [2.45, 2.75) is 63.8 Å². The van der Waals surface area contributed by atoms with Gasteiger partial charge in [-0.25, -0.2) is 0 Å². The lowest BCUT2D eigenvalue weighted by Gasteiger charge is -2.38. The molecule has 1 aliphatic rings. The summed E-state index contributed by atoms with van der Waals surface area (Å²) in [5, 5.41) is 10.4. The lowest BCUT2D eigenvalue weighted by Crippen LogP contribution is -2.44. The average Bonchev–Trinajstić information content (AvgIpc) is 2.33. The van der Waals surface area contributed by atoms with Crippen molar-refractivity contribution < 1.29 is 9.90 Å². The van der Waals surface area contributed by atoms with Gasteiger partial charge in [0.1, 0.15) is 8.07 Å². The van der Waals surface area contributed by atoms with Crippen LogP contribution < -0.4 is 0 Å². The molecule has 0 amide bonds. The number of carbonyl (C=O) groups is 1. The smallest absolute Gasteiger partial charge is 0.178 e. The highest BCUT2D eigenvalue weighted by Gasteiger charge is 2.42. The number of ketones is 1. The van der Waals surface area contributed by atoms with Crippen LogP contribution in [0.3, 0.4) is 0 Å². The summed E-state index contributed by atoms with van der Waals surface area (Å²) in [6, 6.07) is 0. The summed E-state index contributed by atoms with van der Waals surface area (Å²) in [6.45, 7) is 13.4. The largest absolute Gasteiger partial charge is 0.370 e. The molecular weight excluding hydrogens is 264 g/mol. The van der Waals surface area contributed by atoms with Gasteiger partial charge >= 0.3 is 0 Å². The second-order valence-corrected chi connectivity index (χ2v) is 12.1. The third-order valence-corrected chi connectivity index (χ3v) is 10.6. The lowest BCUT2D eigenvalue weighted by atomic mass is 9.99. The highest BCUT2D eigenvalue weighted by Crippen LogP contribution is 2.40. The van der Waals surface area contributed by atoms with Crippen LogP contribution in [-0.2, 0) is 4.79 Å². The summed E-state index contributed by atoms with van der Waals surface area (Å²) in [4.78, 5) is 11.2. The molecule has 0 spiro atoms. The molecule has 1 rings (SSSR count). The second kappa shape index (κ2) is 6.11. The molecule has 1 aliphatic carbocycles. The predicted molar refractivity (Wildman–Crippen MR) is 87.1 cm³/mol. The number of hydrogen-bond acceptors (Lipinski definition) is 2. The maximum atomic E-state index is 11.2. The van der Waals surface area contributed by atoms with Crippen molar-refractivity contribution in [3.05, 3.63) is 24.3 Å². The summed E-state index contributed by atoms with van der Waals surface area (Å²) >= 11 is 0. The maximum absolute atomic E-state index is 11.2. The Kier molecular flexibility index (Phi) is 5.18. The standard InChI is InChI=1S/C17H26O2Si/c1-13(2)20(14(3)4,15(5)6)12-11-17(19)9-7-16(18)8-10-17/h7-10,13-15,19H,1-6H3. The van der Waals surface area contributed by atoms with Crippen LogP contribution in [-0.4, -0.2) is 24.6 Å². The zero-order chi connectivity index (χ0) is 15.6. The average molecular weight is 290 g/mol. The van der Waals surface area contributed by atoms with Crippen LogP contribution in [0.15, 0.2) is 24.3 Å². The van der Waals surface area contributed by atoms with E-state index in [-0.39, 0.29) is 5.78 Å². The SMILES string of the molecule is CC(C)[Si](C#CC1(O)C=CC(=O)C=C1)(C(C)C)C(C)C. The van der Waals surface area contributed by atoms with Crippen molar-refractivity contribution in [1.82, 2.24) is 0 Å². The Hall–Kier alpha value is -1.11. The zero-order valence-corrected chi connectivity index (χ0v) is 14.4. The Labute approximate surface area is 124 Å². The van der Waals surface area contributed by atoms with Crippen LogP contribution in [0.2, 0.25) is 16.6 Å². The van der Waals surface area contributed by atoms with Crippen LogP contribution in [0.5, 0.6) is 0 Å². The normalized spacial score (nSPS) is 17.8. The van der Waals surface area contributed by atoms with E-state index in [2.05, 4.69) is 53.0 Å². The van der Waals surface area contributed by atoms with E-state index in [0.29, 0.717) is 16.6 Å². The summed E-state index contributed by atoms with van der Waals surface area (Å²) in [5.41, 5.74) is 3.77. The van der Waals surface area contributed by atoms with Crippen LogP contribution in [0, 0.1) is 11.5 Å². The van der Waals surface area contributed by atoms with Gasteiger partial charge in [0.25, 0.3) is 0 Å². The molecule has 0 radical (unpaired) electrons. The Morgan fingerprint density at radius 1 is 1.00 bits per heavy atom. The molecule has 0 saturated heterocycles. The second-order valence-electron chi connectivity index (χ2n) is 6.54. The van der Waals surface area contributed by atoms with E-state index in [0.717, 1.165) is 0 Å². The first kappa shape index (κ1) is 16.9. The molecule has 0 fully saturated rings. The highest BCUT2D eigenvalue weighted by molar-refractivity contribution is 6.90. The van der Waals surface area contributed by atoms with E-state index >= 15 is 0 Å². The minimum atomic E-state index is -1.85. The molecule has 0 heterocycles. The van der Waals surface area contributed by atoms with Crippen molar-refractivity contribution in [3.8, 4) is 11.5 Å². The minimum absolute atomic E-state index is 0.100. The highest BCUT2D eigenvalue weighted by atomic mass is 28.3. The predicted octanol–water partition coefficient (Wildman–Crippen LogP) is 3.63. The molecular formula is C17H26O2Si. The third kappa shape index (κ3) is 3.31. The first-order valence-electron chi connectivity index (χ1n) is 7.33. The third-order valence-electron chi connectivity index (χ3n) is 4.35. The van der Waals surface area contributed by atoms with Crippen molar-refractivity contribution in [1.29, 1.82) is 0 Å². The maximum Gasteiger partial charge on any atom is 0.178 e. The summed E-state index contributed by atoms with van der Waals surface area (Å²) in [5.74, 6) is 2.94. The van der Waals surface area contributed by atoms with Crippen molar-refractivity contribution in [2.24, 2.45) is 0 Å². The van der Waals surface area contributed by atoms with E-state index in [1.807, 2.05) is 0 Å². The van der Waals surface area contributed by atoms with Gasteiger partial charge in [0.15, 0.2) is 11.4 Å². The summed E-state index contributed by atoms with van der Waals surface area (Å²) in [6.07, 6.45) is 5.75. The zero-order valence-electron chi connectivity index (χ0n) is 13.4. The molecule has 0 aromatic heterocycles. The number of allylic oxidation sites excluding steroid dienone is 2. The van der Waals surface area contributed by atoms with Crippen molar-refractivity contribution >= 4 is 13.9 Å². The number of rotatable bonds is 3. The minimum Gasteiger partial charge on any atom is -0.370 e. The van der Waals surface area contributed by atoms with Gasteiger partial charge < -0.3 is 5.11 Å². The Bertz CT molecular complexity index is 449. The molecule has 0 bridgehead atoms. The Balaban J connectivity index is 3.22. The monoisotopic (exact) mass is 290 g/mol. The fraction of sp³-hybridized carbons (Fsp3) is 0.588. The molecule has 0 aliphatic heterocycles. The van der Waals surface area contributed by atoms with E-state index in [1.54, 1.807) is 0 Å². The topological polar surface area (TPSA) is 37.3 Å². The molecule has 3 heteroatoms. The van der Waals surface area contributed by atoms with E-state index in [1.165, 1.54) is 24.3 Å². The molecule has 2 nitrogen and oxygen atoms in total. The van der Waals surface area contributed by atoms with Gasteiger partial charge in [-0.15, -0.1) is 5.54 Å². The van der Waals surface area contributed by atoms with Crippen molar-refractivity contribution in [2.75, 3.05) is 0 Å². The number of hydrogen-bond donors (Lipinski definition) is 1. The molecule has 110 valence electrons. The Morgan fingerprint density at radius 3 is 1.75 bits per heavy atom. The van der Waals surface area contributed by atoms with Gasteiger partial charge in [0.2, 0.25) is 0 Å². The van der Waals surface area contributed by atoms with Crippen LogP contribution in [0.1, 0.15) is 41.5 Å². The lowest BCUT2D eigenvalue weighted by molar-refractivity contribution is -0.110. The Morgan fingerprint density at radius 2 is 1.40 bits per heavy atom. The van der Waals surface area contributed by atoms with Crippen LogP contribution in [0.25, 0.3) is 0 Å². The quantitative estimate of drug-likeness (QED) is 0.636. The van der Waals surface area contributed by atoms with Gasteiger partial charge in [0.05, 0.1) is 0 Å². The van der Waals surface area contributed by atoms with E-state index < -0.39 is 13.7 Å². The molecule has 1 N–H and O–H groups in total. The number of carbonyl (C=O) groups excluding carboxylic acids is 1. The summed E-state index contributed by atoms with van der Waals surface area (Å²) in [7, 11) is -1.85. The molecule has 20 heavy (non-hydrogen) atoms. The number of aliphatic hydroxyl groups is 1. The molecule has 0 aromatic carbocycles. The molecule has 0 atom stereocenters. The fourth-order valence-corrected chi connectivity index (χ4v) is 8.54. The fourth-order valence-electron chi connectivity index (χ4n) is 3.25. The molecule has 0 aromatic rings.